The lowest BCUT2D eigenvalue weighted by atomic mass is 10.1. The summed E-state index contributed by atoms with van der Waals surface area (Å²) >= 11 is 0. The summed E-state index contributed by atoms with van der Waals surface area (Å²) in [6.45, 7) is 10.8. The normalized spacial score (nSPS) is 10.0. The summed E-state index contributed by atoms with van der Waals surface area (Å²) in [5, 5.41) is 6.55. The quantitative estimate of drug-likeness (QED) is 0.514. The molecule has 0 spiro atoms. The van der Waals surface area contributed by atoms with Crippen LogP contribution in [0.1, 0.15) is 11.1 Å². The zero-order chi connectivity index (χ0) is 11.6. The van der Waals surface area contributed by atoms with Gasteiger partial charge in [0, 0.05) is 26.2 Å². The van der Waals surface area contributed by atoms with Crippen molar-refractivity contribution in [2.45, 2.75) is 13.1 Å². The second-order valence-corrected chi connectivity index (χ2v) is 3.66. The summed E-state index contributed by atoms with van der Waals surface area (Å²) in [4.78, 5) is 0. The van der Waals surface area contributed by atoms with Gasteiger partial charge >= 0.3 is 0 Å². The molecule has 2 nitrogen and oxygen atoms in total. The van der Waals surface area contributed by atoms with Crippen molar-refractivity contribution in [3.63, 3.8) is 0 Å². The van der Waals surface area contributed by atoms with Gasteiger partial charge in [0.15, 0.2) is 0 Å². The van der Waals surface area contributed by atoms with Gasteiger partial charge in [-0.1, -0.05) is 36.4 Å². The van der Waals surface area contributed by atoms with E-state index in [0.717, 1.165) is 26.2 Å². The van der Waals surface area contributed by atoms with E-state index in [0.29, 0.717) is 0 Å². The van der Waals surface area contributed by atoms with Crippen molar-refractivity contribution in [3.8, 4) is 0 Å². The van der Waals surface area contributed by atoms with Gasteiger partial charge in [0.1, 0.15) is 0 Å². The van der Waals surface area contributed by atoms with Crippen LogP contribution in [0.2, 0.25) is 0 Å². The number of hydrogen-bond donors (Lipinski definition) is 2. The number of rotatable bonds is 8. The topological polar surface area (TPSA) is 24.1 Å². The zero-order valence-electron chi connectivity index (χ0n) is 9.71. The standard InChI is InChI=1S/C14H20N2/c1-3-9-15-11-13-5-7-14(8-6-13)12-16-10-4-2/h3-8,15-16H,1-2,9-12H2. The molecular weight excluding hydrogens is 196 g/mol. The molecule has 0 bridgehead atoms. The molecule has 2 heteroatoms. The van der Waals surface area contributed by atoms with Crippen molar-refractivity contribution < 1.29 is 0 Å². The van der Waals surface area contributed by atoms with Crippen molar-refractivity contribution >= 4 is 0 Å². The molecule has 1 rings (SSSR count). The van der Waals surface area contributed by atoms with Crippen molar-refractivity contribution in [2.24, 2.45) is 0 Å². The summed E-state index contributed by atoms with van der Waals surface area (Å²) in [6.07, 6.45) is 3.74. The molecule has 0 atom stereocenters. The molecule has 16 heavy (non-hydrogen) atoms. The minimum Gasteiger partial charge on any atom is -0.309 e. The molecule has 0 saturated heterocycles. The Morgan fingerprint density at radius 3 is 1.50 bits per heavy atom. The molecule has 0 amide bonds. The Balaban J connectivity index is 2.35. The van der Waals surface area contributed by atoms with E-state index < -0.39 is 0 Å². The first-order valence-electron chi connectivity index (χ1n) is 5.58. The van der Waals surface area contributed by atoms with Crippen molar-refractivity contribution in [3.05, 3.63) is 60.7 Å². The fourth-order valence-corrected chi connectivity index (χ4v) is 1.41. The maximum absolute atomic E-state index is 3.67. The van der Waals surface area contributed by atoms with Crippen LogP contribution >= 0.6 is 0 Å². The molecule has 2 N–H and O–H groups in total. The third kappa shape index (κ3) is 4.91. The van der Waals surface area contributed by atoms with Gasteiger partial charge in [-0.3, -0.25) is 0 Å². The average molecular weight is 216 g/mol. The van der Waals surface area contributed by atoms with Gasteiger partial charge in [0.2, 0.25) is 0 Å². The summed E-state index contributed by atoms with van der Waals surface area (Å²) in [5.41, 5.74) is 2.60. The lowest BCUT2D eigenvalue weighted by molar-refractivity contribution is 0.750. The summed E-state index contributed by atoms with van der Waals surface area (Å²) in [7, 11) is 0. The van der Waals surface area contributed by atoms with Crippen LogP contribution in [0.15, 0.2) is 49.6 Å². The average Bonchev–Trinajstić information content (AvgIpc) is 2.32. The van der Waals surface area contributed by atoms with E-state index >= 15 is 0 Å². The van der Waals surface area contributed by atoms with E-state index in [9.17, 15) is 0 Å². The lowest BCUT2D eigenvalue weighted by Gasteiger charge is -2.05. The third-order valence-corrected chi connectivity index (χ3v) is 2.26. The first kappa shape index (κ1) is 12.7. The van der Waals surface area contributed by atoms with Crippen LogP contribution in [-0.2, 0) is 13.1 Å². The largest absolute Gasteiger partial charge is 0.309 e. The van der Waals surface area contributed by atoms with E-state index in [-0.39, 0.29) is 0 Å². The minimum absolute atomic E-state index is 0.850. The van der Waals surface area contributed by atoms with Crippen molar-refractivity contribution in [1.29, 1.82) is 0 Å². The molecule has 0 radical (unpaired) electrons. The summed E-state index contributed by atoms with van der Waals surface area (Å²) in [5.74, 6) is 0. The van der Waals surface area contributed by atoms with Crippen LogP contribution in [0.4, 0.5) is 0 Å². The highest BCUT2D eigenvalue weighted by atomic mass is 14.8. The van der Waals surface area contributed by atoms with E-state index in [4.69, 9.17) is 0 Å². The summed E-state index contributed by atoms with van der Waals surface area (Å²) < 4.78 is 0. The molecule has 0 aliphatic rings. The second-order valence-electron chi connectivity index (χ2n) is 3.66. The third-order valence-electron chi connectivity index (χ3n) is 2.26. The molecule has 1 aromatic carbocycles. The molecule has 0 aliphatic carbocycles. The molecule has 86 valence electrons. The van der Waals surface area contributed by atoms with Crippen LogP contribution in [0.5, 0.6) is 0 Å². The Labute approximate surface area is 98.1 Å². The Morgan fingerprint density at radius 1 is 0.812 bits per heavy atom. The van der Waals surface area contributed by atoms with Gasteiger partial charge in [-0.15, -0.1) is 13.2 Å². The lowest BCUT2D eigenvalue weighted by Crippen LogP contribution is -2.14. The monoisotopic (exact) mass is 216 g/mol. The van der Waals surface area contributed by atoms with Gasteiger partial charge in [-0.25, -0.2) is 0 Å². The van der Waals surface area contributed by atoms with E-state index in [1.807, 2.05) is 12.2 Å². The molecular formula is C14H20N2. The molecule has 0 aromatic heterocycles. The van der Waals surface area contributed by atoms with Gasteiger partial charge in [0.05, 0.1) is 0 Å². The fraction of sp³-hybridized carbons (Fsp3) is 0.286. The Kier molecular flexibility index (Phi) is 6.23. The maximum atomic E-state index is 3.67. The molecule has 0 aliphatic heterocycles. The summed E-state index contributed by atoms with van der Waals surface area (Å²) in [6, 6.07) is 8.62. The highest BCUT2D eigenvalue weighted by molar-refractivity contribution is 5.22. The SMILES string of the molecule is C=CCNCc1ccc(CNCC=C)cc1. The molecule has 0 unspecified atom stereocenters. The Bertz CT molecular complexity index is 281. The van der Waals surface area contributed by atoms with Crippen molar-refractivity contribution in [1.82, 2.24) is 10.6 Å². The number of benzene rings is 1. The van der Waals surface area contributed by atoms with Crippen LogP contribution in [-0.4, -0.2) is 13.1 Å². The molecule has 1 aromatic rings. The van der Waals surface area contributed by atoms with E-state index in [1.165, 1.54) is 11.1 Å². The fourth-order valence-electron chi connectivity index (χ4n) is 1.41. The van der Waals surface area contributed by atoms with Crippen LogP contribution in [0, 0.1) is 0 Å². The maximum Gasteiger partial charge on any atom is 0.0208 e. The van der Waals surface area contributed by atoms with Crippen LogP contribution in [0.25, 0.3) is 0 Å². The Hall–Kier alpha value is -1.38. The second kappa shape index (κ2) is 7.85. The zero-order valence-corrected chi connectivity index (χ0v) is 9.71. The highest BCUT2D eigenvalue weighted by Crippen LogP contribution is 2.03. The first-order chi connectivity index (χ1) is 7.86. The molecule has 0 saturated carbocycles. The molecule has 0 fully saturated rings. The first-order valence-corrected chi connectivity index (χ1v) is 5.58. The van der Waals surface area contributed by atoms with Crippen molar-refractivity contribution in [2.75, 3.05) is 13.1 Å². The van der Waals surface area contributed by atoms with E-state index in [2.05, 4.69) is 48.1 Å². The molecule has 0 heterocycles. The van der Waals surface area contributed by atoms with Crippen LogP contribution < -0.4 is 10.6 Å². The van der Waals surface area contributed by atoms with Gasteiger partial charge in [-0.2, -0.15) is 0 Å². The highest BCUT2D eigenvalue weighted by Gasteiger charge is 1.93. The smallest absolute Gasteiger partial charge is 0.0208 e. The van der Waals surface area contributed by atoms with E-state index in [1.54, 1.807) is 0 Å². The minimum atomic E-state index is 0.850. The predicted molar refractivity (Wildman–Crippen MR) is 70.2 cm³/mol. The Morgan fingerprint density at radius 2 is 1.19 bits per heavy atom. The predicted octanol–water partition coefficient (Wildman–Crippen LogP) is 2.24. The van der Waals surface area contributed by atoms with Gasteiger partial charge in [0.25, 0.3) is 0 Å². The van der Waals surface area contributed by atoms with Gasteiger partial charge in [-0.05, 0) is 11.1 Å². The van der Waals surface area contributed by atoms with Gasteiger partial charge < -0.3 is 10.6 Å². The van der Waals surface area contributed by atoms with Crippen LogP contribution in [0.3, 0.4) is 0 Å². The number of hydrogen-bond acceptors (Lipinski definition) is 2. The number of nitrogens with one attached hydrogen (secondary N) is 2.